The van der Waals surface area contributed by atoms with Gasteiger partial charge < -0.3 is 10.5 Å². The Bertz CT molecular complexity index is 289. The Labute approximate surface area is 68.8 Å². The molecule has 0 saturated heterocycles. The number of nitrogens with zero attached hydrogens (tertiary/aromatic N) is 3. The summed E-state index contributed by atoms with van der Waals surface area (Å²) in [4.78, 5) is 14.6. The molecule has 0 aliphatic carbocycles. The second-order valence-electron chi connectivity index (χ2n) is 1.91. The molecule has 1 aromatic rings. The number of nitrogen functional groups attached to an aromatic ring is 1. The highest BCUT2D eigenvalue weighted by Gasteiger charge is 2.12. The largest absolute Gasteiger partial charge is 0.461 e. The maximum Gasteiger partial charge on any atom is 0.362 e. The van der Waals surface area contributed by atoms with Crippen LogP contribution in [0.15, 0.2) is 6.33 Å². The summed E-state index contributed by atoms with van der Waals surface area (Å²) in [5, 5.41) is 6.89. The van der Waals surface area contributed by atoms with Gasteiger partial charge in [0.15, 0.2) is 5.82 Å². The van der Waals surface area contributed by atoms with Crippen molar-refractivity contribution in [2.45, 2.75) is 6.92 Å². The van der Waals surface area contributed by atoms with E-state index in [4.69, 9.17) is 5.73 Å². The lowest BCUT2D eigenvalue weighted by molar-refractivity contribution is 0.0519. The van der Waals surface area contributed by atoms with E-state index in [1.54, 1.807) is 6.92 Å². The molecule has 0 aromatic carbocycles. The number of carbonyl (C=O) groups excluding carboxylic acids is 1. The minimum Gasteiger partial charge on any atom is -0.461 e. The first kappa shape index (κ1) is 8.38. The number of aromatic nitrogens is 3. The van der Waals surface area contributed by atoms with Gasteiger partial charge in [-0.1, -0.05) is 0 Å². The molecule has 6 nitrogen and oxygen atoms in total. The summed E-state index contributed by atoms with van der Waals surface area (Å²) in [5.41, 5.74) is 5.30. The molecular weight excluding hydrogens is 160 g/mol. The SMILES string of the molecule is CCOC(=O)c1nncnc1N. The van der Waals surface area contributed by atoms with Crippen LogP contribution in [-0.4, -0.2) is 27.8 Å². The van der Waals surface area contributed by atoms with Gasteiger partial charge in [-0.15, -0.1) is 10.2 Å². The third-order valence-corrected chi connectivity index (χ3v) is 1.12. The van der Waals surface area contributed by atoms with Crippen molar-refractivity contribution in [3.63, 3.8) is 0 Å². The highest BCUT2D eigenvalue weighted by molar-refractivity contribution is 5.91. The number of hydrogen-bond donors (Lipinski definition) is 1. The summed E-state index contributed by atoms with van der Waals surface area (Å²) >= 11 is 0. The first-order chi connectivity index (χ1) is 5.75. The van der Waals surface area contributed by atoms with E-state index in [-0.39, 0.29) is 18.1 Å². The van der Waals surface area contributed by atoms with E-state index in [9.17, 15) is 4.79 Å². The van der Waals surface area contributed by atoms with Crippen LogP contribution in [0.5, 0.6) is 0 Å². The van der Waals surface area contributed by atoms with Crippen molar-refractivity contribution < 1.29 is 9.53 Å². The molecule has 0 spiro atoms. The van der Waals surface area contributed by atoms with Gasteiger partial charge in [0.05, 0.1) is 6.61 Å². The van der Waals surface area contributed by atoms with Crippen molar-refractivity contribution >= 4 is 11.8 Å². The zero-order valence-corrected chi connectivity index (χ0v) is 6.52. The van der Waals surface area contributed by atoms with Gasteiger partial charge in [0, 0.05) is 0 Å². The van der Waals surface area contributed by atoms with Gasteiger partial charge in [-0.2, -0.15) is 0 Å². The second kappa shape index (κ2) is 3.61. The summed E-state index contributed by atoms with van der Waals surface area (Å²) in [5.74, 6) is -0.570. The minimum absolute atomic E-state index is 0.0310. The molecule has 2 N–H and O–H groups in total. The normalized spacial score (nSPS) is 9.42. The van der Waals surface area contributed by atoms with Crippen LogP contribution in [0.2, 0.25) is 0 Å². The molecule has 6 heteroatoms. The number of ether oxygens (including phenoxy) is 1. The number of nitrogens with two attached hydrogens (primary N) is 1. The van der Waals surface area contributed by atoms with E-state index in [0.29, 0.717) is 0 Å². The molecule has 0 atom stereocenters. The highest BCUT2D eigenvalue weighted by atomic mass is 16.5. The van der Waals surface area contributed by atoms with E-state index in [2.05, 4.69) is 19.9 Å². The molecule has 1 rings (SSSR count). The van der Waals surface area contributed by atoms with Crippen LogP contribution in [0.25, 0.3) is 0 Å². The molecule has 1 heterocycles. The van der Waals surface area contributed by atoms with Gasteiger partial charge in [0.25, 0.3) is 0 Å². The lowest BCUT2D eigenvalue weighted by Gasteiger charge is -2.00. The molecule has 1 aromatic heterocycles. The Morgan fingerprint density at radius 1 is 1.75 bits per heavy atom. The molecule has 64 valence electrons. The van der Waals surface area contributed by atoms with Crippen molar-refractivity contribution in [3.05, 3.63) is 12.0 Å². The third-order valence-electron chi connectivity index (χ3n) is 1.12. The quantitative estimate of drug-likeness (QED) is 0.606. The molecule has 0 aliphatic heterocycles. The third kappa shape index (κ3) is 1.66. The monoisotopic (exact) mass is 168 g/mol. The number of carbonyl (C=O) groups is 1. The molecule has 0 bridgehead atoms. The molecule has 0 unspecified atom stereocenters. The van der Waals surface area contributed by atoms with Crippen molar-refractivity contribution in [2.24, 2.45) is 0 Å². The summed E-state index contributed by atoms with van der Waals surface area (Å²) in [7, 11) is 0. The average Bonchev–Trinajstić information content (AvgIpc) is 2.05. The Kier molecular flexibility index (Phi) is 2.52. The number of anilines is 1. The van der Waals surface area contributed by atoms with Gasteiger partial charge in [0.2, 0.25) is 5.69 Å². The van der Waals surface area contributed by atoms with Gasteiger partial charge in [0.1, 0.15) is 6.33 Å². The summed E-state index contributed by atoms with van der Waals surface area (Å²) in [6.45, 7) is 1.97. The first-order valence-electron chi connectivity index (χ1n) is 3.36. The van der Waals surface area contributed by atoms with Crippen LogP contribution in [0.4, 0.5) is 5.82 Å². The molecule has 0 saturated carbocycles. The topological polar surface area (TPSA) is 91.0 Å². The lowest BCUT2D eigenvalue weighted by Crippen LogP contribution is -2.12. The van der Waals surface area contributed by atoms with Crippen LogP contribution in [0.3, 0.4) is 0 Å². The predicted molar refractivity (Wildman–Crippen MR) is 40.2 cm³/mol. The average molecular weight is 168 g/mol. The minimum atomic E-state index is -0.601. The van der Waals surface area contributed by atoms with E-state index < -0.39 is 5.97 Å². The van der Waals surface area contributed by atoms with Crippen LogP contribution in [0.1, 0.15) is 17.4 Å². The second-order valence-corrected chi connectivity index (χ2v) is 1.91. The molecule has 0 aliphatic rings. The van der Waals surface area contributed by atoms with E-state index >= 15 is 0 Å². The van der Waals surface area contributed by atoms with Crippen molar-refractivity contribution in [1.29, 1.82) is 0 Å². The number of hydrogen-bond acceptors (Lipinski definition) is 6. The molecule has 12 heavy (non-hydrogen) atoms. The first-order valence-corrected chi connectivity index (χ1v) is 3.36. The fourth-order valence-electron chi connectivity index (χ4n) is 0.629. The summed E-state index contributed by atoms with van der Waals surface area (Å²) in [6.07, 6.45) is 1.16. The Morgan fingerprint density at radius 2 is 2.50 bits per heavy atom. The predicted octanol–water partition coefficient (Wildman–Crippen LogP) is -0.369. The number of esters is 1. The van der Waals surface area contributed by atoms with Gasteiger partial charge >= 0.3 is 5.97 Å². The molecular formula is C6H8N4O2. The zero-order chi connectivity index (χ0) is 8.97. The number of rotatable bonds is 2. The smallest absolute Gasteiger partial charge is 0.362 e. The van der Waals surface area contributed by atoms with Crippen molar-refractivity contribution in [3.8, 4) is 0 Å². The van der Waals surface area contributed by atoms with E-state index in [1.807, 2.05) is 0 Å². The van der Waals surface area contributed by atoms with Crippen molar-refractivity contribution in [2.75, 3.05) is 12.3 Å². The lowest BCUT2D eigenvalue weighted by atomic mass is 10.4. The van der Waals surface area contributed by atoms with E-state index in [0.717, 1.165) is 6.33 Å². The maximum absolute atomic E-state index is 11.0. The molecule has 0 amide bonds. The van der Waals surface area contributed by atoms with Crippen LogP contribution >= 0.6 is 0 Å². The highest BCUT2D eigenvalue weighted by Crippen LogP contribution is 2.02. The Balaban J connectivity index is 2.87. The van der Waals surface area contributed by atoms with Gasteiger partial charge in [-0.25, -0.2) is 9.78 Å². The van der Waals surface area contributed by atoms with Gasteiger partial charge in [-0.05, 0) is 6.92 Å². The molecule has 0 radical (unpaired) electrons. The zero-order valence-electron chi connectivity index (χ0n) is 6.52. The van der Waals surface area contributed by atoms with E-state index in [1.165, 1.54) is 0 Å². The Morgan fingerprint density at radius 3 is 3.08 bits per heavy atom. The van der Waals surface area contributed by atoms with Crippen LogP contribution in [-0.2, 0) is 4.74 Å². The van der Waals surface area contributed by atoms with Crippen LogP contribution < -0.4 is 5.73 Å². The summed E-state index contributed by atoms with van der Waals surface area (Å²) in [6, 6.07) is 0. The Hall–Kier alpha value is -1.72. The maximum atomic E-state index is 11.0. The fraction of sp³-hybridized carbons (Fsp3) is 0.333. The van der Waals surface area contributed by atoms with Crippen LogP contribution in [0, 0.1) is 0 Å². The van der Waals surface area contributed by atoms with Gasteiger partial charge in [-0.3, -0.25) is 0 Å². The molecule has 0 fully saturated rings. The fourth-order valence-corrected chi connectivity index (χ4v) is 0.629. The summed E-state index contributed by atoms with van der Waals surface area (Å²) < 4.78 is 4.65. The van der Waals surface area contributed by atoms with Crippen molar-refractivity contribution in [1.82, 2.24) is 15.2 Å². The standard InChI is InChI=1S/C6H8N4O2/c1-2-12-6(11)4-5(7)8-3-9-10-4/h3H,2H2,1H3,(H2,7,8,9).